The molecule has 2 N–H and O–H groups in total. The molecule has 0 bridgehead atoms. The fraction of sp³-hybridized carbons (Fsp3) is 0.130. The van der Waals surface area contributed by atoms with Gasteiger partial charge in [0.15, 0.2) is 11.5 Å². The molecule has 0 spiro atoms. The van der Waals surface area contributed by atoms with Gasteiger partial charge in [-0.3, -0.25) is 9.55 Å². The zero-order valence-electron chi connectivity index (χ0n) is 17.2. The molecule has 3 heterocycles. The molecule has 0 fully saturated rings. The Hall–Kier alpha value is -4.20. The van der Waals surface area contributed by atoms with E-state index in [1.54, 1.807) is 32.1 Å². The Labute approximate surface area is 177 Å². The molecule has 0 amide bonds. The normalized spacial score (nSPS) is 11.2. The summed E-state index contributed by atoms with van der Waals surface area (Å²) in [5, 5.41) is 1.03. The van der Waals surface area contributed by atoms with E-state index in [0.717, 1.165) is 27.7 Å². The highest BCUT2D eigenvalue weighted by Gasteiger charge is 2.17. The third kappa shape index (κ3) is 3.00. The van der Waals surface area contributed by atoms with E-state index in [2.05, 4.69) is 15.0 Å². The molecule has 0 atom stereocenters. The number of pyridine rings is 1. The number of hydrogen-bond acceptors (Lipinski definition) is 5. The van der Waals surface area contributed by atoms with E-state index in [4.69, 9.17) is 14.2 Å². The van der Waals surface area contributed by atoms with Crippen LogP contribution < -0.4 is 19.9 Å². The third-order valence-corrected chi connectivity index (χ3v) is 5.32. The maximum absolute atomic E-state index is 12.8. The highest BCUT2D eigenvalue weighted by atomic mass is 16.5. The maximum atomic E-state index is 12.8. The zero-order valence-corrected chi connectivity index (χ0v) is 17.2. The van der Waals surface area contributed by atoms with Crippen LogP contribution in [0.25, 0.3) is 38.9 Å². The molecule has 3 aromatic heterocycles. The predicted molar refractivity (Wildman–Crippen MR) is 119 cm³/mol. The molecular weight excluding hydrogens is 396 g/mol. The van der Waals surface area contributed by atoms with Crippen molar-refractivity contribution in [1.29, 1.82) is 0 Å². The Morgan fingerprint density at radius 1 is 0.903 bits per heavy atom. The van der Waals surface area contributed by atoms with Crippen molar-refractivity contribution in [3.63, 3.8) is 0 Å². The van der Waals surface area contributed by atoms with Crippen LogP contribution in [-0.2, 0) is 0 Å². The van der Waals surface area contributed by atoms with Gasteiger partial charge >= 0.3 is 5.69 Å². The molecule has 0 aliphatic heterocycles. The Morgan fingerprint density at radius 3 is 2.39 bits per heavy atom. The number of fused-ring (bicyclic) bond motifs is 2. The molecule has 0 aliphatic carbocycles. The van der Waals surface area contributed by atoms with Crippen LogP contribution in [0, 0.1) is 0 Å². The van der Waals surface area contributed by atoms with Crippen molar-refractivity contribution >= 4 is 21.9 Å². The lowest BCUT2D eigenvalue weighted by molar-refractivity contribution is 0.324. The summed E-state index contributed by atoms with van der Waals surface area (Å²) in [7, 11) is 4.70. The lowest BCUT2D eigenvalue weighted by atomic mass is 10.1. The van der Waals surface area contributed by atoms with E-state index >= 15 is 0 Å². The number of hydrogen-bond donors (Lipinski definition) is 2. The fourth-order valence-corrected chi connectivity index (χ4v) is 3.83. The van der Waals surface area contributed by atoms with Crippen molar-refractivity contribution in [3.8, 4) is 34.2 Å². The summed E-state index contributed by atoms with van der Waals surface area (Å²) in [6, 6.07) is 13.3. The fourth-order valence-electron chi connectivity index (χ4n) is 3.83. The lowest BCUT2D eigenvalue weighted by Gasteiger charge is -2.14. The average molecular weight is 416 g/mol. The summed E-state index contributed by atoms with van der Waals surface area (Å²) in [6.07, 6.45) is 3.53. The van der Waals surface area contributed by atoms with Crippen LogP contribution in [-0.4, -0.2) is 40.8 Å². The molecular formula is C23H20N4O4. The Bertz CT molecular complexity index is 1450. The number of aromatic nitrogens is 4. The molecule has 0 saturated carbocycles. The van der Waals surface area contributed by atoms with Crippen molar-refractivity contribution in [3.05, 3.63) is 65.3 Å². The Morgan fingerprint density at radius 2 is 1.68 bits per heavy atom. The van der Waals surface area contributed by atoms with Gasteiger partial charge in [-0.25, -0.2) is 4.79 Å². The molecule has 0 saturated heterocycles. The number of nitrogens with zero attached hydrogens (tertiary/aromatic N) is 2. The predicted octanol–water partition coefficient (Wildman–Crippen LogP) is 3.89. The third-order valence-electron chi connectivity index (χ3n) is 5.32. The molecule has 5 rings (SSSR count). The number of benzene rings is 2. The highest BCUT2D eigenvalue weighted by molar-refractivity contribution is 5.85. The standard InChI is InChI=1S/C23H20N4O4/c1-29-20-9-14(10-21(30-2)22(20)31-3)17-11-19-18(12-25-17)26-23(28)27(19)15-4-5-16-13(8-15)6-7-24-16/h4-12,24H,1-3H3,(H,26,28). The second-order valence-corrected chi connectivity index (χ2v) is 7.02. The topological polar surface area (TPSA) is 94.2 Å². The van der Waals surface area contributed by atoms with Gasteiger partial charge in [0.2, 0.25) is 5.75 Å². The van der Waals surface area contributed by atoms with Crippen LogP contribution >= 0.6 is 0 Å². The van der Waals surface area contributed by atoms with Gasteiger partial charge < -0.3 is 24.2 Å². The summed E-state index contributed by atoms with van der Waals surface area (Å²) in [5.41, 5.74) is 4.37. The first-order valence-electron chi connectivity index (χ1n) is 9.61. The van der Waals surface area contributed by atoms with Crippen LogP contribution in [0.2, 0.25) is 0 Å². The molecule has 2 aromatic carbocycles. The number of rotatable bonds is 5. The van der Waals surface area contributed by atoms with Gasteiger partial charge in [-0.15, -0.1) is 0 Å². The summed E-state index contributed by atoms with van der Waals surface area (Å²) in [5.74, 6) is 1.57. The van der Waals surface area contributed by atoms with Crippen molar-refractivity contribution in [2.45, 2.75) is 0 Å². The van der Waals surface area contributed by atoms with E-state index in [1.807, 2.05) is 48.7 Å². The summed E-state index contributed by atoms with van der Waals surface area (Å²) < 4.78 is 18.0. The first-order chi connectivity index (χ1) is 15.1. The van der Waals surface area contributed by atoms with Gasteiger partial charge in [-0.05, 0) is 42.5 Å². The van der Waals surface area contributed by atoms with Crippen LogP contribution in [0.5, 0.6) is 17.2 Å². The number of aromatic amines is 2. The van der Waals surface area contributed by atoms with Gasteiger partial charge in [0.05, 0.1) is 49.9 Å². The smallest absolute Gasteiger partial charge is 0.331 e. The van der Waals surface area contributed by atoms with E-state index in [9.17, 15) is 4.79 Å². The molecule has 5 aromatic rings. The number of imidazole rings is 1. The highest BCUT2D eigenvalue weighted by Crippen LogP contribution is 2.41. The van der Waals surface area contributed by atoms with Crippen LogP contribution in [0.4, 0.5) is 0 Å². The number of ether oxygens (including phenoxy) is 3. The maximum Gasteiger partial charge on any atom is 0.331 e. The van der Waals surface area contributed by atoms with Crippen molar-refractivity contribution < 1.29 is 14.2 Å². The van der Waals surface area contributed by atoms with E-state index in [0.29, 0.717) is 28.5 Å². The van der Waals surface area contributed by atoms with Crippen LogP contribution in [0.3, 0.4) is 0 Å². The second-order valence-electron chi connectivity index (χ2n) is 7.02. The minimum absolute atomic E-state index is 0.228. The SMILES string of the molecule is COc1cc(-c2cc3c(cn2)[nH]c(=O)n3-c2ccc3[nH]ccc3c2)cc(OC)c1OC. The van der Waals surface area contributed by atoms with Crippen LogP contribution in [0.1, 0.15) is 0 Å². The van der Waals surface area contributed by atoms with Gasteiger partial charge in [-0.1, -0.05) is 0 Å². The molecule has 31 heavy (non-hydrogen) atoms. The molecule has 0 radical (unpaired) electrons. The van der Waals surface area contributed by atoms with Gasteiger partial charge in [0, 0.05) is 22.7 Å². The minimum Gasteiger partial charge on any atom is -0.493 e. The number of nitrogens with one attached hydrogen (secondary N) is 2. The van der Waals surface area contributed by atoms with Crippen molar-refractivity contribution in [1.82, 2.24) is 19.5 Å². The Balaban J connectivity index is 1.71. The van der Waals surface area contributed by atoms with E-state index < -0.39 is 0 Å². The van der Waals surface area contributed by atoms with Gasteiger partial charge in [-0.2, -0.15) is 0 Å². The van der Waals surface area contributed by atoms with Crippen molar-refractivity contribution in [2.75, 3.05) is 21.3 Å². The van der Waals surface area contributed by atoms with E-state index in [1.165, 1.54) is 0 Å². The summed E-state index contributed by atoms with van der Waals surface area (Å²) in [4.78, 5) is 23.3. The minimum atomic E-state index is -0.228. The van der Waals surface area contributed by atoms with Gasteiger partial charge in [0.25, 0.3) is 0 Å². The molecule has 0 aliphatic rings. The lowest BCUT2D eigenvalue weighted by Crippen LogP contribution is -2.14. The molecule has 0 unspecified atom stereocenters. The largest absolute Gasteiger partial charge is 0.493 e. The number of methoxy groups -OCH3 is 3. The average Bonchev–Trinajstić information content (AvgIpc) is 3.40. The van der Waals surface area contributed by atoms with Gasteiger partial charge in [0.1, 0.15) is 0 Å². The molecule has 8 nitrogen and oxygen atoms in total. The summed E-state index contributed by atoms with van der Waals surface area (Å²) in [6.45, 7) is 0. The van der Waals surface area contributed by atoms with Crippen molar-refractivity contribution in [2.24, 2.45) is 0 Å². The summed E-state index contributed by atoms with van der Waals surface area (Å²) >= 11 is 0. The zero-order chi connectivity index (χ0) is 21.5. The monoisotopic (exact) mass is 416 g/mol. The second kappa shape index (κ2) is 7.24. The first kappa shape index (κ1) is 18.8. The quantitative estimate of drug-likeness (QED) is 0.453. The molecule has 8 heteroatoms. The Kier molecular flexibility index (Phi) is 4.39. The van der Waals surface area contributed by atoms with E-state index in [-0.39, 0.29) is 5.69 Å². The first-order valence-corrected chi connectivity index (χ1v) is 9.61. The van der Waals surface area contributed by atoms with Crippen LogP contribution in [0.15, 0.2) is 59.7 Å². The number of H-pyrrole nitrogens is 2. The molecule has 156 valence electrons.